The second-order valence-corrected chi connectivity index (χ2v) is 7.72. The maximum Gasteiger partial charge on any atom is 0.267 e. The van der Waals surface area contributed by atoms with E-state index in [0.29, 0.717) is 47.2 Å². The third-order valence-electron chi connectivity index (χ3n) is 5.07. The van der Waals surface area contributed by atoms with Gasteiger partial charge in [0, 0.05) is 30.0 Å². The molecule has 0 aliphatic carbocycles. The number of carbonyl (C=O) groups is 2. The highest BCUT2D eigenvalue weighted by atomic mass is 35.5. The highest BCUT2D eigenvalue weighted by molar-refractivity contribution is 6.39. The Morgan fingerprint density at radius 3 is 2.36 bits per heavy atom. The van der Waals surface area contributed by atoms with E-state index in [1.165, 1.54) is 0 Å². The van der Waals surface area contributed by atoms with E-state index in [4.69, 9.17) is 23.2 Å². The van der Waals surface area contributed by atoms with Crippen LogP contribution in [-0.4, -0.2) is 40.8 Å². The summed E-state index contributed by atoms with van der Waals surface area (Å²) in [6.45, 7) is 1.08. The minimum Gasteiger partial charge on any atom is -0.351 e. The van der Waals surface area contributed by atoms with E-state index < -0.39 is 0 Å². The Balaban J connectivity index is 1.37. The van der Waals surface area contributed by atoms with E-state index in [0.717, 1.165) is 10.9 Å². The number of para-hydroxylation sites is 1. The highest BCUT2D eigenvalue weighted by Crippen LogP contribution is 2.27. The monoisotopic (exact) mass is 415 g/mol. The van der Waals surface area contributed by atoms with Gasteiger partial charge in [-0.25, -0.2) is 0 Å². The summed E-state index contributed by atoms with van der Waals surface area (Å²) >= 11 is 12.3. The first-order valence-electron chi connectivity index (χ1n) is 9.15. The van der Waals surface area contributed by atoms with Crippen molar-refractivity contribution in [2.75, 3.05) is 13.1 Å². The molecule has 3 aromatic rings. The second-order valence-electron chi connectivity index (χ2n) is 6.91. The summed E-state index contributed by atoms with van der Waals surface area (Å²) in [7, 11) is 0. The lowest BCUT2D eigenvalue weighted by Crippen LogP contribution is -2.46. The van der Waals surface area contributed by atoms with Crippen LogP contribution in [0.5, 0.6) is 0 Å². The number of fused-ring (bicyclic) bond motifs is 1. The zero-order valence-corrected chi connectivity index (χ0v) is 16.6. The summed E-state index contributed by atoms with van der Waals surface area (Å²) in [5.41, 5.74) is 1.82. The second kappa shape index (κ2) is 7.86. The predicted molar refractivity (Wildman–Crippen MR) is 111 cm³/mol. The van der Waals surface area contributed by atoms with Crippen LogP contribution in [0.25, 0.3) is 10.9 Å². The molecule has 144 valence electrons. The Bertz CT molecular complexity index is 986. The molecular weight excluding hydrogens is 397 g/mol. The molecule has 2 N–H and O–H groups in total. The quantitative estimate of drug-likeness (QED) is 0.660. The minimum atomic E-state index is -0.170. The van der Waals surface area contributed by atoms with Gasteiger partial charge in [-0.3, -0.25) is 9.59 Å². The molecule has 0 radical (unpaired) electrons. The number of H-pyrrole nitrogens is 1. The van der Waals surface area contributed by atoms with Crippen molar-refractivity contribution in [2.45, 2.75) is 18.9 Å². The van der Waals surface area contributed by atoms with E-state index in [1.54, 1.807) is 23.1 Å². The topological polar surface area (TPSA) is 65.2 Å². The number of amides is 2. The number of hydrogen-bond acceptors (Lipinski definition) is 2. The number of aromatic amines is 1. The molecule has 1 aliphatic rings. The molecule has 2 aromatic carbocycles. The van der Waals surface area contributed by atoms with Gasteiger partial charge in [-0.15, -0.1) is 0 Å². The Morgan fingerprint density at radius 1 is 1.00 bits per heavy atom. The first kappa shape index (κ1) is 18.8. The molecule has 4 rings (SSSR count). The summed E-state index contributed by atoms with van der Waals surface area (Å²) in [5, 5.41) is 4.77. The summed E-state index contributed by atoms with van der Waals surface area (Å²) < 4.78 is 0. The molecule has 0 unspecified atom stereocenters. The number of benzene rings is 2. The lowest BCUT2D eigenvalue weighted by atomic mass is 10.0. The smallest absolute Gasteiger partial charge is 0.267 e. The van der Waals surface area contributed by atoms with Crippen molar-refractivity contribution in [3.05, 3.63) is 69.8 Å². The molecule has 1 aliphatic heterocycles. The Labute approximate surface area is 172 Å². The molecule has 0 atom stereocenters. The average molecular weight is 416 g/mol. The molecule has 1 aromatic heterocycles. The summed E-state index contributed by atoms with van der Waals surface area (Å²) in [6, 6.07) is 14.7. The minimum absolute atomic E-state index is 0.0182. The molecule has 1 fully saturated rings. The first-order valence-corrected chi connectivity index (χ1v) is 9.90. The number of carbonyl (C=O) groups excluding carboxylic acids is 2. The highest BCUT2D eigenvalue weighted by Gasteiger charge is 2.27. The third kappa shape index (κ3) is 3.73. The molecule has 2 heterocycles. The van der Waals surface area contributed by atoms with Gasteiger partial charge >= 0.3 is 0 Å². The maximum absolute atomic E-state index is 12.8. The van der Waals surface area contributed by atoms with Crippen LogP contribution in [0.3, 0.4) is 0 Å². The van der Waals surface area contributed by atoms with Crippen molar-refractivity contribution in [1.82, 2.24) is 15.2 Å². The van der Waals surface area contributed by atoms with Crippen molar-refractivity contribution in [1.29, 1.82) is 0 Å². The lowest BCUT2D eigenvalue weighted by molar-refractivity contribution is 0.0698. The number of aromatic nitrogens is 1. The van der Waals surface area contributed by atoms with Crippen molar-refractivity contribution in [2.24, 2.45) is 0 Å². The normalized spacial score (nSPS) is 15.0. The number of likely N-dealkylation sites (tertiary alicyclic amines) is 1. The van der Waals surface area contributed by atoms with Crippen molar-refractivity contribution < 1.29 is 9.59 Å². The van der Waals surface area contributed by atoms with E-state index in [1.807, 2.05) is 30.3 Å². The van der Waals surface area contributed by atoms with Crippen LogP contribution in [-0.2, 0) is 0 Å². The van der Waals surface area contributed by atoms with Crippen LogP contribution < -0.4 is 5.32 Å². The fourth-order valence-electron chi connectivity index (χ4n) is 3.55. The van der Waals surface area contributed by atoms with Gasteiger partial charge in [0.25, 0.3) is 11.8 Å². The molecule has 5 nitrogen and oxygen atoms in total. The van der Waals surface area contributed by atoms with Crippen LogP contribution in [0, 0.1) is 0 Å². The summed E-state index contributed by atoms with van der Waals surface area (Å²) in [4.78, 5) is 30.2. The molecule has 0 saturated carbocycles. The summed E-state index contributed by atoms with van der Waals surface area (Å²) in [6.07, 6.45) is 1.36. The number of rotatable bonds is 3. The molecule has 28 heavy (non-hydrogen) atoms. The zero-order chi connectivity index (χ0) is 19.7. The standard InChI is InChI=1S/C21H19Cl2N3O2/c22-15-5-3-6-16(23)19(15)21(28)26-10-8-14(9-11-26)24-20(27)18-12-13-4-1-2-7-17(13)25-18/h1-7,12,14,25H,8-11H2,(H,24,27). The van der Waals surface area contributed by atoms with Crippen LogP contribution >= 0.6 is 23.2 Å². The van der Waals surface area contributed by atoms with E-state index >= 15 is 0 Å². The van der Waals surface area contributed by atoms with Gasteiger partial charge in [0.15, 0.2) is 0 Å². The number of nitrogens with zero attached hydrogens (tertiary/aromatic N) is 1. The van der Waals surface area contributed by atoms with Gasteiger partial charge in [0.2, 0.25) is 0 Å². The fourth-order valence-corrected chi connectivity index (χ4v) is 4.11. The zero-order valence-electron chi connectivity index (χ0n) is 15.0. The maximum atomic E-state index is 12.8. The van der Waals surface area contributed by atoms with Crippen molar-refractivity contribution in [3.8, 4) is 0 Å². The first-order chi connectivity index (χ1) is 13.5. The van der Waals surface area contributed by atoms with Crippen LogP contribution in [0.15, 0.2) is 48.5 Å². The number of nitrogens with one attached hydrogen (secondary N) is 2. The van der Waals surface area contributed by atoms with Crippen molar-refractivity contribution >= 4 is 45.9 Å². The predicted octanol–water partition coefficient (Wildman–Crippen LogP) is 4.51. The Kier molecular flexibility index (Phi) is 5.29. The van der Waals surface area contributed by atoms with Crippen LogP contribution in [0.4, 0.5) is 0 Å². The van der Waals surface area contributed by atoms with E-state index in [-0.39, 0.29) is 17.9 Å². The lowest BCUT2D eigenvalue weighted by Gasteiger charge is -2.32. The van der Waals surface area contributed by atoms with Crippen LogP contribution in [0.2, 0.25) is 10.0 Å². The molecule has 0 spiro atoms. The molecular formula is C21H19Cl2N3O2. The van der Waals surface area contributed by atoms with Crippen molar-refractivity contribution in [3.63, 3.8) is 0 Å². The Hall–Kier alpha value is -2.50. The number of piperidine rings is 1. The Morgan fingerprint density at radius 2 is 1.68 bits per heavy atom. The van der Waals surface area contributed by atoms with Crippen LogP contribution in [0.1, 0.15) is 33.7 Å². The van der Waals surface area contributed by atoms with Gasteiger partial charge in [-0.2, -0.15) is 0 Å². The molecule has 2 amide bonds. The molecule has 7 heteroatoms. The largest absolute Gasteiger partial charge is 0.351 e. The van der Waals surface area contributed by atoms with E-state index in [2.05, 4.69) is 10.3 Å². The fraction of sp³-hybridized carbons (Fsp3) is 0.238. The average Bonchev–Trinajstić information content (AvgIpc) is 3.13. The summed E-state index contributed by atoms with van der Waals surface area (Å²) in [5.74, 6) is -0.300. The third-order valence-corrected chi connectivity index (χ3v) is 5.70. The van der Waals surface area contributed by atoms with Gasteiger partial charge in [-0.1, -0.05) is 47.5 Å². The van der Waals surface area contributed by atoms with Gasteiger partial charge in [0.1, 0.15) is 5.69 Å². The SMILES string of the molecule is O=C(NC1CCN(C(=O)c2c(Cl)cccc2Cl)CC1)c1cc2ccccc2[nH]1. The number of halogens is 2. The van der Waals surface area contributed by atoms with E-state index in [9.17, 15) is 9.59 Å². The number of hydrogen-bond donors (Lipinski definition) is 2. The molecule has 0 bridgehead atoms. The molecule has 1 saturated heterocycles. The van der Waals surface area contributed by atoms with Gasteiger partial charge in [-0.05, 0) is 37.1 Å². The van der Waals surface area contributed by atoms with Gasteiger partial charge in [0.05, 0.1) is 15.6 Å². The van der Waals surface area contributed by atoms with Gasteiger partial charge < -0.3 is 15.2 Å².